The van der Waals surface area contributed by atoms with Crippen LogP contribution in [0.4, 0.5) is 5.69 Å². The van der Waals surface area contributed by atoms with Crippen LogP contribution in [0.25, 0.3) is 5.69 Å². The predicted molar refractivity (Wildman–Crippen MR) is 149 cm³/mol. The van der Waals surface area contributed by atoms with E-state index in [1.54, 1.807) is 18.3 Å². The molecule has 0 amide bonds. The van der Waals surface area contributed by atoms with Gasteiger partial charge < -0.3 is 19.9 Å². The summed E-state index contributed by atoms with van der Waals surface area (Å²) in [6.45, 7) is 6.22. The van der Waals surface area contributed by atoms with Gasteiger partial charge in [-0.15, -0.1) is 0 Å². The number of halogens is 1. The molecule has 2 atom stereocenters. The van der Waals surface area contributed by atoms with Gasteiger partial charge in [0.05, 0.1) is 23.3 Å². The Labute approximate surface area is 223 Å². The first-order valence-electron chi connectivity index (χ1n) is 11.6. The normalized spacial score (nSPS) is 17.3. The van der Waals surface area contributed by atoms with E-state index in [1.807, 2.05) is 36.4 Å². The van der Waals surface area contributed by atoms with Crippen LogP contribution in [0.1, 0.15) is 50.7 Å². The summed E-state index contributed by atoms with van der Waals surface area (Å²) in [4.78, 5) is 18.2. The number of pyridine rings is 1. The maximum Gasteiger partial charge on any atom is 0.335 e. The molecule has 2 aromatic heterocycles. The average molecular weight is 562 g/mol. The summed E-state index contributed by atoms with van der Waals surface area (Å²) in [6, 6.07) is 21.0. The SMILES string of the molecule is Cc1cc(N2C(=S)NC(c3ccccn3)C2c2cc(C)n(-c3ccc(C(=O)O)cc3)c2C)ccc1Br. The first-order chi connectivity index (χ1) is 17.3. The lowest BCUT2D eigenvalue weighted by Crippen LogP contribution is -2.29. The molecule has 1 saturated heterocycles. The number of carboxylic acids is 1. The van der Waals surface area contributed by atoms with Gasteiger partial charge in [0.15, 0.2) is 5.11 Å². The zero-order chi connectivity index (χ0) is 25.6. The second-order valence-electron chi connectivity index (χ2n) is 8.94. The molecule has 2 N–H and O–H groups in total. The molecule has 1 fully saturated rings. The Morgan fingerprint density at radius 3 is 2.39 bits per heavy atom. The van der Waals surface area contributed by atoms with Gasteiger partial charge in [-0.3, -0.25) is 4.98 Å². The lowest BCUT2D eigenvalue weighted by Gasteiger charge is -2.28. The summed E-state index contributed by atoms with van der Waals surface area (Å²) in [7, 11) is 0. The van der Waals surface area contributed by atoms with Crippen molar-refractivity contribution in [1.29, 1.82) is 0 Å². The van der Waals surface area contributed by atoms with Gasteiger partial charge in [-0.05, 0) is 105 Å². The molecule has 2 unspecified atom stereocenters. The van der Waals surface area contributed by atoms with E-state index in [-0.39, 0.29) is 17.6 Å². The Morgan fingerprint density at radius 2 is 1.75 bits per heavy atom. The highest BCUT2D eigenvalue weighted by atomic mass is 79.9. The summed E-state index contributed by atoms with van der Waals surface area (Å²) in [5.74, 6) is -0.938. The summed E-state index contributed by atoms with van der Waals surface area (Å²) in [6.07, 6.45) is 1.80. The zero-order valence-electron chi connectivity index (χ0n) is 20.1. The van der Waals surface area contributed by atoms with Crippen molar-refractivity contribution in [3.8, 4) is 5.69 Å². The minimum absolute atomic E-state index is 0.133. The Morgan fingerprint density at radius 1 is 1.03 bits per heavy atom. The van der Waals surface area contributed by atoms with Gasteiger partial charge in [-0.25, -0.2) is 4.79 Å². The van der Waals surface area contributed by atoms with Gasteiger partial charge in [-0.1, -0.05) is 22.0 Å². The van der Waals surface area contributed by atoms with Crippen LogP contribution in [-0.2, 0) is 0 Å². The number of aromatic carboxylic acids is 1. The van der Waals surface area contributed by atoms with Crippen LogP contribution in [-0.4, -0.2) is 25.7 Å². The third-order valence-corrected chi connectivity index (χ3v) is 7.88. The maximum atomic E-state index is 11.3. The number of aromatic nitrogens is 2. The van der Waals surface area contributed by atoms with Crippen molar-refractivity contribution in [1.82, 2.24) is 14.9 Å². The van der Waals surface area contributed by atoms with Crippen LogP contribution < -0.4 is 10.2 Å². The number of anilines is 1. The number of hydrogen-bond donors (Lipinski definition) is 2. The second kappa shape index (κ2) is 9.52. The number of hydrogen-bond acceptors (Lipinski definition) is 3. The zero-order valence-corrected chi connectivity index (χ0v) is 22.5. The molecule has 3 heterocycles. The van der Waals surface area contributed by atoms with Crippen LogP contribution in [0.15, 0.2) is 77.4 Å². The molecule has 0 aliphatic carbocycles. The van der Waals surface area contributed by atoms with Crippen LogP contribution in [0.5, 0.6) is 0 Å². The van der Waals surface area contributed by atoms with Crippen LogP contribution in [0.2, 0.25) is 0 Å². The number of carboxylic acid groups (broad SMARTS) is 1. The summed E-state index contributed by atoms with van der Waals surface area (Å²) >= 11 is 9.49. The van der Waals surface area contributed by atoms with Gasteiger partial charge in [0.1, 0.15) is 0 Å². The third kappa shape index (κ3) is 4.20. The van der Waals surface area contributed by atoms with E-state index in [4.69, 9.17) is 12.2 Å². The Balaban J connectivity index is 1.66. The fourth-order valence-corrected chi connectivity index (χ4v) is 5.56. The molecule has 1 aliphatic heterocycles. The summed E-state index contributed by atoms with van der Waals surface area (Å²) in [5, 5.41) is 13.5. The highest BCUT2D eigenvalue weighted by Gasteiger charge is 2.42. The second-order valence-corrected chi connectivity index (χ2v) is 10.2. The molecule has 4 aromatic rings. The van der Waals surface area contributed by atoms with E-state index in [1.165, 1.54) is 0 Å². The van der Waals surface area contributed by atoms with Gasteiger partial charge >= 0.3 is 5.97 Å². The highest BCUT2D eigenvalue weighted by molar-refractivity contribution is 9.10. The van der Waals surface area contributed by atoms with Crippen molar-refractivity contribution in [3.05, 3.63) is 111 Å². The standard InChI is InChI=1S/C28H25BrN4O2S/c1-16-14-21(11-12-23(16)29)33-26(25(31-28(33)36)24-6-4-5-13-30-24)22-15-17(2)32(18(22)3)20-9-7-19(8-10-20)27(34)35/h4-15,25-26H,1-3H3,(H,31,36)(H,34,35). The maximum absolute atomic E-state index is 11.3. The van der Waals surface area contributed by atoms with Crippen molar-refractivity contribution in [2.75, 3.05) is 4.90 Å². The molecule has 0 radical (unpaired) electrons. The smallest absolute Gasteiger partial charge is 0.335 e. The van der Waals surface area contributed by atoms with E-state index < -0.39 is 5.97 Å². The number of benzene rings is 2. The lowest BCUT2D eigenvalue weighted by molar-refractivity contribution is 0.0697. The highest BCUT2D eigenvalue weighted by Crippen LogP contribution is 2.44. The van der Waals surface area contributed by atoms with Crippen LogP contribution in [0.3, 0.4) is 0 Å². The number of carbonyl (C=O) groups is 1. The molecule has 6 nitrogen and oxygen atoms in total. The van der Waals surface area contributed by atoms with Gasteiger partial charge in [0.2, 0.25) is 0 Å². The average Bonchev–Trinajstić information content (AvgIpc) is 3.36. The van der Waals surface area contributed by atoms with Crippen molar-refractivity contribution in [2.24, 2.45) is 0 Å². The van der Waals surface area contributed by atoms with E-state index >= 15 is 0 Å². The van der Waals surface area contributed by atoms with Gasteiger partial charge in [0.25, 0.3) is 0 Å². The molecule has 1 aliphatic rings. The van der Waals surface area contributed by atoms with Gasteiger partial charge in [0, 0.05) is 33.4 Å². The number of nitrogens with zero attached hydrogens (tertiary/aromatic N) is 3. The number of thiocarbonyl (C=S) groups is 1. The molecule has 0 saturated carbocycles. The third-order valence-electron chi connectivity index (χ3n) is 6.68. The largest absolute Gasteiger partial charge is 0.478 e. The number of rotatable bonds is 5. The van der Waals surface area contributed by atoms with Crippen LogP contribution in [0, 0.1) is 20.8 Å². The summed E-state index contributed by atoms with van der Waals surface area (Å²) in [5.41, 5.74) is 7.46. The number of nitrogens with one attached hydrogen (secondary N) is 1. The van der Waals surface area contributed by atoms with Crippen LogP contribution >= 0.6 is 28.1 Å². The van der Waals surface area contributed by atoms with E-state index in [9.17, 15) is 9.90 Å². The van der Waals surface area contributed by atoms with Crippen molar-refractivity contribution in [3.63, 3.8) is 0 Å². The molecule has 182 valence electrons. The molecule has 0 spiro atoms. The molecule has 36 heavy (non-hydrogen) atoms. The Hall–Kier alpha value is -3.49. The predicted octanol–water partition coefficient (Wildman–Crippen LogP) is 6.44. The van der Waals surface area contributed by atoms with Crippen molar-refractivity contribution in [2.45, 2.75) is 32.9 Å². The van der Waals surface area contributed by atoms with Crippen molar-refractivity contribution < 1.29 is 9.90 Å². The molecule has 5 rings (SSSR count). The Bertz CT molecular complexity index is 1470. The molecule has 2 aromatic carbocycles. The fraction of sp³-hybridized carbons (Fsp3) is 0.179. The number of aryl methyl sites for hydroxylation is 2. The monoisotopic (exact) mass is 560 g/mol. The molecule has 8 heteroatoms. The first-order valence-corrected chi connectivity index (χ1v) is 12.8. The molecular formula is C28H25BrN4O2S. The van der Waals surface area contributed by atoms with Gasteiger partial charge in [-0.2, -0.15) is 0 Å². The lowest BCUT2D eigenvalue weighted by atomic mass is 9.96. The fourth-order valence-electron chi connectivity index (χ4n) is 4.97. The quantitative estimate of drug-likeness (QED) is 0.274. The Kier molecular flexibility index (Phi) is 6.40. The van der Waals surface area contributed by atoms with Crippen molar-refractivity contribution >= 4 is 44.9 Å². The van der Waals surface area contributed by atoms with E-state index in [0.29, 0.717) is 5.11 Å². The minimum atomic E-state index is -0.938. The molecule has 0 bridgehead atoms. The van der Waals surface area contributed by atoms with E-state index in [0.717, 1.165) is 44.1 Å². The molecular weight excluding hydrogens is 536 g/mol. The van der Waals surface area contributed by atoms with E-state index in [2.05, 4.69) is 74.7 Å². The minimum Gasteiger partial charge on any atom is -0.478 e. The first kappa shape index (κ1) is 24.2. The summed E-state index contributed by atoms with van der Waals surface area (Å²) < 4.78 is 3.20. The topological polar surface area (TPSA) is 70.4 Å².